The van der Waals surface area contributed by atoms with Gasteiger partial charge in [0.1, 0.15) is 19.4 Å². The molecule has 0 aliphatic carbocycles. The number of alkyl halides is 3. The summed E-state index contributed by atoms with van der Waals surface area (Å²) in [7, 11) is 4.53. The smallest absolute Gasteiger partial charge is 0.489 e. The normalized spacial score (nSPS) is 12.9. The van der Waals surface area contributed by atoms with Crippen LogP contribution in [0.3, 0.4) is 0 Å². The van der Waals surface area contributed by atoms with Crippen molar-refractivity contribution in [3.8, 4) is 18.6 Å². The molecule has 0 radical (unpaired) electrons. The molecule has 0 saturated carbocycles. The molecule has 1 aliphatic heterocycles. The van der Waals surface area contributed by atoms with Gasteiger partial charge in [-0.3, -0.25) is 0 Å². The van der Waals surface area contributed by atoms with Crippen molar-refractivity contribution in [3.05, 3.63) is 84.2 Å². The van der Waals surface area contributed by atoms with Gasteiger partial charge in [-0.25, -0.2) is 17.8 Å². The van der Waals surface area contributed by atoms with Gasteiger partial charge in [-0.1, -0.05) is 85.9 Å². The number of unbranched alkanes of at least 4 members (excludes halogenated alkanes) is 1. The van der Waals surface area contributed by atoms with Crippen LogP contribution in [-0.2, 0) is 39.4 Å². The number of terminal acetylenes is 1. The number of hydrogen-bond donors (Lipinski definition) is 1. The molecule has 0 spiro atoms. The van der Waals surface area contributed by atoms with Crippen LogP contribution in [0.15, 0.2) is 78.0 Å². The molecule has 1 aromatic heterocycles. The molecule has 1 aliphatic rings. The second-order valence-corrected chi connectivity index (χ2v) is 13.2. The zero-order chi connectivity index (χ0) is 42.8. The number of para-hydroxylation sites is 1. The molecule has 1 unspecified atom stereocenters. The van der Waals surface area contributed by atoms with Crippen LogP contribution in [0.1, 0.15) is 91.7 Å². The maximum atomic E-state index is 12.5. The Hall–Kier alpha value is -4.08. The largest absolute Gasteiger partial charge is 0.490 e. The van der Waals surface area contributed by atoms with Crippen LogP contribution in [0.5, 0.6) is 5.75 Å². The van der Waals surface area contributed by atoms with Gasteiger partial charge in [0.25, 0.3) is 0 Å². The van der Waals surface area contributed by atoms with Crippen LogP contribution in [0.25, 0.3) is 0 Å². The minimum absolute atomic E-state index is 0.315. The minimum atomic E-state index is -4.85. The number of aliphatic hydroxyl groups excluding tert-OH is 1. The lowest BCUT2D eigenvalue weighted by Crippen LogP contribution is -2.26. The average Bonchev–Trinajstić information content (AvgIpc) is 3.31. The van der Waals surface area contributed by atoms with E-state index in [9.17, 15) is 26.4 Å². The SMILES string of the molecule is C#C.CC.CC.CCC.CCCCC1CCc2cc(N(C)C)ccc2S(=O)(=O)C1.CO.COC(=O)C(F)(F)F.C[n+]1ccc(COc2ccccc2)cc1. The van der Waals surface area contributed by atoms with E-state index in [1.165, 1.54) is 12.0 Å². The van der Waals surface area contributed by atoms with Crippen molar-refractivity contribution in [2.75, 3.05) is 39.0 Å². The Morgan fingerprint density at radius 3 is 1.89 bits per heavy atom. The molecule has 1 N–H and O–H groups in total. The van der Waals surface area contributed by atoms with Crippen LogP contribution in [0, 0.1) is 18.8 Å². The third-order valence-corrected chi connectivity index (χ3v) is 8.73. The molecule has 12 heteroatoms. The number of esters is 1. The number of fused-ring (bicyclic) bond motifs is 1. The average molecular weight is 786 g/mol. The number of sulfone groups is 1. The Bertz CT molecular complexity index is 1450. The molecule has 0 fully saturated rings. The number of rotatable bonds is 7. The van der Waals surface area contributed by atoms with E-state index in [-0.39, 0.29) is 0 Å². The quantitative estimate of drug-likeness (QED) is 0.145. The van der Waals surface area contributed by atoms with Crippen LogP contribution >= 0.6 is 0 Å². The second-order valence-electron chi connectivity index (χ2n) is 11.2. The minimum Gasteiger partial charge on any atom is -0.489 e. The molecule has 308 valence electrons. The number of carbonyl (C=O) groups excluding carboxylic acids is 1. The van der Waals surface area contributed by atoms with Gasteiger partial charge in [-0.05, 0) is 61.1 Å². The number of benzene rings is 2. The number of ether oxygens (including phenoxy) is 2. The Morgan fingerprint density at radius 1 is 0.944 bits per heavy atom. The molecule has 0 bridgehead atoms. The lowest BCUT2D eigenvalue weighted by Gasteiger charge is -2.15. The van der Waals surface area contributed by atoms with Gasteiger partial charge in [0.2, 0.25) is 0 Å². The lowest BCUT2D eigenvalue weighted by molar-refractivity contribution is -0.671. The van der Waals surface area contributed by atoms with Crippen molar-refractivity contribution >= 4 is 21.5 Å². The predicted molar refractivity (Wildman–Crippen MR) is 217 cm³/mol. The van der Waals surface area contributed by atoms with Gasteiger partial charge in [0, 0.05) is 44.6 Å². The van der Waals surface area contributed by atoms with E-state index in [0.29, 0.717) is 30.3 Å². The first-order valence-corrected chi connectivity index (χ1v) is 19.9. The zero-order valence-electron chi connectivity index (χ0n) is 34.7. The summed E-state index contributed by atoms with van der Waals surface area (Å²) in [6, 6.07) is 19.7. The molecule has 2 aromatic carbocycles. The number of halogens is 3. The van der Waals surface area contributed by atoms with Crippen molar-refractivity contribution in [2.45, 2.75) is 105 Å². The number of anilines is 1. The van der Waals surface area contributed by atoms with E-state index in [1.54, 1.807) is 6.07 Å². The van der Waals surface area contributed by atoms with E-state index in [1.807, 2.05) is 113 Å². The van der Waals surface area contributed by atoms with Gasteiger partial charge < -0.3 is 19.5 Å². The summed E-state index contributed by atoms with van der Waals surface area (Å²) in [4.78, 5) is 12.1. The van der Waals surface area contributed by atoms with Gasteiger partial charge >= 0.3 is 12.1 Å². The highest BCUT2D eigenvalue weighted by atomic mass is 32.2. The Labute approximate surface area is 325 Å². The first-order valence-electron chi connectivity index (χ1n) is 18.3. The van der Waals surface area contributed by atoms with Crippen LogP contribution in [-0.4, -0.2) is 59.7 Å². The lowest BCUT2D eigenvalue weighted by atomic mass is 9.96. The highest BCUT2D eigenvalue weighted by Crippen LogP contribution is 2.31. The van der Waals surface area contributed by atoms with Crippen molar-refractivity contribution in [3.63, 3.8) is 0 Å². The van der Waals surface area contributed by atoms with Crippen LogP contribution < -0.4 is 14.2 Å². The topological polar surface area (TPSA) is 97.0 Å². The summed E-state index contributed by atoms with van der Waals surface area (Å²) < 4.78 is 69.0. The van der Waals surface area contributed by atoms with Gasteiger partial charge in [0.05, 0.1) is 17.8 Å². The Balaban J connectivity index is -0.000000324. The van der Waals surface area contributed by atoms with E-state index < -0.39 is 22.0 Å². The molecular weight excluding hydrogens is 718 g/mol. The second kappa shape index (κ2) is 34.7. The fourth-order valence-corrected chi connectivity index (χ4v) is 6.30. The summed E-state index contributed by atoms with van der Waals surface area (Å²) in [5.74, 6) is -0.625. The highest BCUT2D eigenvalue weighted by Gasteiger charge is 2.40. The summed E-state index contributed by atoms with van der Waals surface area (Å²) >= 11 is 0. The van der Waals surface area contributed by atoms with Gasteiger partial charge in [-0.2, -0.15) is 13.2 Å². The summed E-state index contributed by atoms with van der Waals surface area (Å²) in [5, 5.41) is 7.00. The molecule has 2 heterocycles. The number of carbonyl (C=O) groups is 1. The maximum Gasteiger partial charge on any atom is 0.490 e. The predicted octanol–water partition coefficient (Wildman–Crippen LogP) is 9.42. The zero-order valence-corrected chi connectivity index (χ0v) is 35.6. The van der Waals surface area contributed by atoms with Crippen LogP contribution in [0.4, 0.5) is 18.9 Å². The highest BCUT2D eigenvalue weighted by molar-refractivity contribution is 7.91. The van der Waals surface area contributed by atoms with Gasteiger partial charge in [-0.15, -0.1) is 12.8 Å². The first-order chi connectivity index (χ1) is 25.7. The van der Waals surface area contributed by atoms with Gasteiger partial charge in [0.15, 0.2) is 22.2 Å². The molecule has 8 nitrogen and oxygen atoms in total. The molecule has 4 rings (SSSR count). The Morgan fingerprint density at radius 2 is 1.46 bits per heavy atom. The number of hydrogen-bond acceptors (Lipinski definition) is 7. The maximum absolute atomic E-state index is 12.5. The summed E-state index contributed by atoms with van der Waals surface area (Å²) in [5.41, 5.74) is 3.25. The summed E-state index contributed by atoms with van der Waals surface area (Å²) in [6.07, 6.45) is 13.6. The number of aromatic nitrogens is 1. The third-order valence-electron chi connectivity index (χ3n) is 6.75. The molecule has 3 aromatic rings. The fraction of sp³-hybridized carbons (Fsp3) is 0.524. The number of nitrogens with zero attached hydrogens (tertiary/aromatic N) is 2. The number of pyridine rings is 1. The van der Waals surface area contributed by atoms with Crippen molar-refractivity contribution in [2.24, 2.45) is 13.0 Å². The number of methoxy groups -OCH3 is 1. The molecule has 0 amide bonds. The van der Waals surface area contributed by atoms with Crippen molar-refractivity contribution in [1.29, 1.82) is 0 Å². The van der Waals surface area contributed by atoms with E-state index >= 15 is 0 Å². The molecule has 54 heavy (non-hydrogen) atoms. The third kappa shape index (κ3) is 25.8. The Kier molecular flexibility index (Phi) is 36.4. The molecule has 1 atom stereocenters. The fourth-order valence-electron chi connectivity index (χ4n) is 4.33. The van der Waals surface area contributed by atoms with Crippen molar-refractivity contribution in [1.82, 2.24) is 0 Å². The standard InChI is InChI=1S/C16H25NO2S.C13H14NO.C3H3F3O2.C3H8.2C2H6.C2H2.CH4O/c1-4-5-6-13-7-8-14-11-15(17(2)3)9-10-16(14)20(18,19)12-13;1-14-9-7-12(8-10-14)11-15-13-5-3-2-4-6-13;1-8-2(7)3(4,5)6;1-3-2;4*1-2/h9-11,13H,4-8,12H2,1-3H3;2-10H,11H2,1H3;1H3;3H2,1-2H3;2*1-2H3;1-2H;2H,1H3/q;+1;;;;;;. The van der Waals surface area contributed by atoms with E-state index in [0.717, 1.165) is 56.2 Å². The number of aryl methyl sites for hydroxylation is 2. The van der Waals surface area contributed by atoms with E-state index in [2.05, 4.69) is 50.5 Å². The monoisotopic (exact) mass is 785 g/mol. The van der Waals surface area contributed by atoms with Crippen LogP contribution in [0.2, 0.25) is 0 Å². The number of aliphatic hydroxyl groups is 1. The van der Waals surface area contributed by atoms with Crippen molar-refractivity contribution < 1.29 is 45.5 Å². The molecular formula is C42H68F3N2O6S+. The first kappa shape index (κ1) is 56.7. The summed E-state index contributed by atoms with van der Waals surface area (Å²) in [6.45, 7) is 15.0. The molecule has 0 saturated heterocycles. The van der Waals surface area contributed by atoms with E-state index in [4.69, 9.17) is 9.84 Å².